The van der Waals surface area contributed by atoms with Crippen molar-refractivity contribution in [3.63, 3.8) is 0 Å². The van der Waals surface area contributed by atoms with Gasteiger partial charge in [0.05, 0.1) is 0 Å². The van der Waals surface area contributed by atoms with Crippen molar-refractivity contribution in [2.75, 3.05) is 33.4 Å². The topological polar surface area (TPSA) is 43.7 Å². The molecule has 1 aliphatic heterocycles. The number of nitrogens with zero attached hydrogens (tertiary/aromatic N) is 1. The minimum absolute atomic E-state index is 0.278. The molecule has 2 atom stereocenters. The second-order valence-electron chi connectivity index (χ2n) is 3.77. The Morgan fingerprint density at radius 1 is 1.08 bits per heavy atom. The van der Waals surface area contributed by atoms with Crippen LogP contribution in [0.4, 0.5) is 0 Å². The Hall–Kier alpha value is -0.120. The van der Waals surface area contributed by atoms with Crippen molar-refractivity contribution in [3.05, 3.63) is 0 Å². The highest BCUT2D eigenvalue weighted by molar-refractivity contribution is 4.81. The third-order valence-corrected chi connectivity index (χ3v) is 2.76. The Balaban J connectivity index is 2.36. The standard InChI is InChI=1S/C9H19NO2/c1-10-6-8(2-4-11)9(7-10)3-5-12/h8-9,11-12H,2-7H2,1H3/t8-,9+. The molecule has 3 heteroatoms. The summed E-state index contributed by atoms with van der Waals surface area (Å²) in [6.45, 7) is 2.71. The van der Waals surface area contributed by atoms with Crippen molar-refractivity contribution in [2.45, 2.75) is 12.8 Å². The molecule has 0 aromatic heterocycles. The first-order chi connectivity index (χ1) is 5.77. The van der Waals surface area contributed by atoms with Gasteiger partial charge in [-0.25, -0.2) is 0 Å². The van der Waals surface area contributed by atoms with Gasteiger partial charge in [-0.15, -0.1) is 0 Å². The number of hydrogen-bond acceptors (Lipinski definition) is 3. The number of likely N-dealkylation sites (tertiary alicyclic amines) is 1. The lowest BCUT2D eigenvalue weighted by molar-refractivity contribution is 0.210. The average Bonchev–Trinajstić information content (AvgIpc) is 2.33. The van der Waals surface area contributed by atoms with E-state index in [2.05, 4.69) is 11.9 Å². The molecule has 0 radical (unpaired) electrons. The molecule has 0 aromatic rings. The van der Waals surface area contributed by atoms with E-state index in [9.17, 15) is 0 Å². The Morgan fingerprint density at radius 2 is 1.50 bits per heavy atom. The molecule has 1 rings (SSSR count). The highest BCUT2D eigenvalue weighted by atomic mass is 16.3. The van der Waals surface area contributed by atoms with Crippen LogP contribution in [0.15, 0.2) is 0 Å². The summed E-state index contributed by atoms with van der Waals surface area (Å²) in [5, 5.41) is 17.6. The van der Waals surface area contributed by atoms with Gasteiger partial charge < -0.3 is 15.1 Å². The van der Waals surface area contributed by atoms with E-state index in [1.54, 1.807) is 0 Å². The predicted molar refractivity (Wildman–Crippen MR) is 47.9 cm³/mol. The van der Waals surface area contributed by atoms with Gasteiger partial charge in [0.25, 0.3) is 0 Å². The van der Waals surface area contributed by atoms with Gasteiger partial charge in [0, 0.05) is 26.3 Å². The van der Waals surface area contributed by atoms with E-state index in [1.165, 1.54) is 0 Å². The summed E-state index contributed by atoms with van der Waals surface area (Å²) in [6, 6.07) is 0. The summed E-state index contributed by atoms with van der Waals surface area (Å²) in [4.78, 5) is 2.28. The molecule has 1 saturated heterocycles. The summed E-state index contributed by atoms with van der Waals surface area (Å²) in [6.07, 6.45) is 1.77. The second kappa shape index (κ2) is 4.80. The number of aliphatic hydroxyl groups excluding tert-OH is 2. The minimum atomic E-state index is 0.278. The predicted octanol–water partition coefficient (Wildman–Crippen LogP) is -0.0710. The normalized spacial score (nSPS) is 31.2. The lowest BCUT2D eigenvalue weighted by atomic mass is 9.91. The van der Waals surface area contributed by atoms with Crippen LogP contribution in [0.25, 0.3) is 0 Å². The van der Waals surface area contributed by atoms with Crippen molar-refractivity contribution in [2.24, 2.45) is 11.8 Å². The Labute approximate surface area is 74.0 Å². The first kappa shape index (κ1) is 9.96. The third-order valence-electron chi connectivity index (χ3n) is 2.76. The van der Waals surface area contributed by atoms with Gasteiger partial charge in [-0.05, 0) is 31.7 Å². The summed E-state index contributed by atoms with van der Waals surface area (Å²) < 4.78 is 0. The molecule has 0 aromatic carbocycles. The molecule has 0 spiro atoms. The van der Waals surface area contributed by atoms with Gasteiger partial charge in [-0.1, -0.05) is 0 Å². The smallest absolute Gasteiger partial charge is 0.0434 e. The fraction of sp³-hybridized carbons (Fsp3) is 1.00. The molecule has 12 heavy (non-hydrogen) atoms. The molecule has 1 heterocycles. The molecule has 0 unspecified atom stereocenters. The van der Waals surface area contributed by atoms with Gasteiger partial charge in [0.15, 0.2) is 0 Å². The minimum Gasteiger partial charge on any atom is -0.396 e. The quantitative estimate of drug-likeness (QED) is 0.625. The van der Waals surface area contributed by atoms with Crippen LogP contribution in [0.1, 0.15) is 12.8 Å². The van der Waals surface area contributed by atoms with Gasteiger partial charge >= 0.3 is 0 Å². The fourth-order valence-corrected chi connectivity index (χ4v) is 2.16. The number of aliphatic hydroxyl groups is 2. The SMILES string of the molecule is CN1C[C@@H](CCO)[C@@H](CCO)C1. The van der Waals surface area contributed by atoms with E-state index in [0.717, 1.165) is 25.9 Å². The molecular formula is C9H19NO2. The van der Waals surface area contributed by atoms with Crippen LogP contribution in [0.3, 0.4) is 0 Å². The third kappa shape index (κ3) is 2.44. The summed E-state index contributed by atoms with van der Waals surface area (Å²) >= 11 is 0. The number of hydrogen-bond donors (Lipinski definition) is 2. The zero-order valence-corrected chi connectivity index (χ0v) is 7.74. The lowest BCUT2D eigenvalue weighted by Gasteiger charge is -2.15. The van der Waals surface area contributed by atoms with E-state index >= 15 is 0 Å². The van der Waals surface area contributed by atoms with Gasteiger partial charge in [0.1, 0.15) is 0 Å². The maximum absolute atomic E-state index is 8.82. The largest absolute Gasteiger partial charge is 0.396 e. The Morgan fingerprint density at radius 3 is 1.83 bits per heavy atom. The molecule has 2 N–H and O–H groups in total. The van der Waals surface area contributed by atoms with E-state index in [4.69, 9.17) is 10.2 Å². The fourth-order valence-electron chi connectivity index (χ4n) is 2.16. The van der Waals surface area contributed by atoms with Crippen LogP contribution < -0.4 is 0 Å². The van der Waals surface area contributed by atoms with Crippen molar-refractivity contribution >= 4 is 0 Å². The molecule has 72 valence electrons. The van der Waals surface area contributed by atoms with Crippen LogP contribution in [0.2, 0.25) is 0 Å². The maximum atomic E-state index is 8.82. The maximum Gasteiger partial charge on any atom is 0.0434 e. The summed E-state index contributed by atoms with van der Waals surface area (Å²) in [7, 11) is 2.10. The van der Waals surface area contributed by atoms with E-state index < -0.39 is 0 Å². The van der Waals surface area contributed by atoms with Gasteiger partial charge in [0.2, 0.25) is 0 Å². The molecule has 1 aliphatic rings. The first-order valence-electron chi connectivity index (χ1n) is 4.68. The molecule has 0 bridgehead atoms. The van der Waals surface area contributed by atoms with E-state index in [0.29, 0.717) is 11.8 Å². The van der Waals surface area contributed by atoms with Crippen LogP contribution in [-0.4, -0.2) is 48.5 Å². The second-order valence-corrected chi connectivity index (χ2v) is 3.77. The van der Waals surface area contributed by atoms with Crippen LogP contribution in [-0.2, 0) is 0 Å². The average molecular weight is 173 g/mol. The highest BCUT2D eigenvalue weighted by Gasteiger charge is 2.29. The highest BCUT2D eigenvalue weighted by Crippen LogP contribution is 2.27. The molecule has 0 saturated carbocycles. The molecule has 1 fully saturated rings. The molecule has 0 amide bonds. The van der Waals surface area contributed by atoms with Crippen LogP contribution in [0, 0.1) is 11.8 Å². The lowest BCUT2D eigenvalue weighted by Crippen LogP contribution is -2.15. The van der Waals surface area contributed by atoms with Crippen molar-refractivity contribution in [1.82, 2.24) is 4.90 Å². The monoisotopic (exact) mass is 173 g/mol. The van der Waals surface area contributed by atoms with Crippen LogP contribution >= 0.6 is 0 Å². The van der Waals surface area contributed by atoms with Crippen molar-refractivity contribution < 1.29 is 10.2 Å². The zero-order valence-electron chi connectivity index (χ0n) is 7.74. The zero-order chi connectivity index (χ0) is 8.97. The Kier molecular flexibility index (Phi) is 3.98. The van der Waals surface area contributed by atoms with Gasteiger partial charge in [-0.3, -0.25) is 0 Å². The number of rotatable bonds is 4. The summed E-state index contributed by atoms with van der Waals surface area (Å²) in [5.74, 6) is 1.18. The molecule has 3 nitrogen and oxygen atoms in total. The molecular weight excluding hydrogens is 154 g/mol. The van der Waals surface area contributed by atoms with E-state index in [1.807, 2.05) is 0 Å². The molecule has 0 aliphatic carbocycles. The first-order valence-corrected chi connectivity index (χ1v) is 4.68. The van der Waals surface area contributed by atoms with E-state index in [-0.39, 0.29) is 13.2 Å². The van der Waals surface area contributed by atoms with Crippen molar-refractivity contribution in [3.8, 4) is 0 Å². The Bertz CT molecular complexity index is 116. The van der Waals surface area contributed by atoms with Crippen LogP contribution in [0.5, 0.6) is 0 Å². The summed E-state index contributed by atoms with van der Waals surface area (Å²) in [5.41, 5.74) is 0. The van der Waals surface area contributed by atoms with Crippen molar-refractivity contribution in [1.29, 1.82) is 0 Å². The van der Waals surface area contributed by atoms with Gasteiger partial charge in [-0.2, -0.15) is 0 Å².